The molecule has 28 heavy (non-hydrogen) atoms. The molecule has 1 saturated heterocycles. The Hall–Kier alpha value is -2.79. The van der Waals surface area contributed by atoms with Gasteiger partial charge in [-0.3, -0.25) is 9.89 Å². The molecule has 2 aromatic carbocycles. The zero-order chi connectivity index (χ0) is 19.5. The summed E-state index contributed by atoms with van der Waals surface area (Å²) in [6.45, 7) is 0.758. The molecular formula is C22H22ClN3O2. The Morgan fingerprint density at radius 1 is 1.29 bits per heavy atom. The van der Waals surface area contributed by atoms with Gasteiger partial charge in [0, 0.05) is 17.1 Å². The zero-order valence-electron chi connectivity index (χ0n) is 15.7. The van der Waals surface area contributed by atoms with E-state index in [4.69, 9.17) is 16.3 Å². The maximum Gasteiger partial charge on any atom is 0.227 e. The van der Waals surface area contributed by atoms with E-state index in [9.17, 15) is 4.79 Å². The Balaban J connectivity index is 1.58. The molecule has 1 aromatic heterocycles. The van der Waals surface area contributed by atoms with E-state index in [0.717, 1.165) is 47.5 Å². The van der Waals surface area contributed by atoms with Crippen LogP contribution in [-0.4, -0.2) is 34.7 Å². The summed E-state index contributed by atoms with van der Waals surface area (Å²) in [5, 5.41) is 8.08. The van der Waals surface area contributed by atoms with Crippen molar-refractivity contribution in [2.24, 2.45) is 0 Å². The fourth-order valence-electron chi connectivity index (χ4n) is 3.81. The first-order valence-electron chi connectivity index (χ1n) is 9.37. The maximum atomic E-state index is 13.0. The third kappa shape index (κ3) is 3.76. The lowest BCUT2D eigenvalue weighted by atomic mass is 10.0. The molecule has 144 valence electrons. The number of methoxy groups -OCH3 is 1. The topological polar surface area (TPSA) is 58.2 Å². The van der Waals surface area contributed by atoms with Crippen molar-refractivity contribution in [1.82, 2.24) is 15.1 Å². The van der Waals surface area contributed by atoms with Gasteiger partial charge in [-0.25, -0.2) is 0 Å². The Labute approximate surface area is 169 Å². The summed E-state index contributed by atoms with van der Waals surface area (Å²) in [6.07, 6.45) is 4.10. The van der Waals surface area contributed by atoms with Crippen molar-refractivity contribution >= 4 is 17.5 Å². The van der Waals surface area contributed by atoms with Crippen molar-refractivity contribution in [3.63, 3.8) is 0 Å². The maximum absolute atomic E-state index is 13.0. The summed E-state index contributed by atoms with van der Waals surface area (Å²) in [5.74, 6) is 0.919. The average molecular weight is 396 g/mol. The molecular weight excluding hydrogens is 374 g/mol. The third-order valence-corrected chi connectivity index (χ3v) is 5.48. The molecule has 1 unspecified atom stereocenters. The van der Waals surface area contributed by atoms with E-state index >= 15 is 0 Å². The number of benzene rings is 2. The zero-order valence-corrected chi connectivity index (χ0v) is 16.4. The van der Waals surface area contributed by atoms with E-state index in [2.05, 4.69) is 10.2 Å². The summed E-state index contributed by atoms with van der Waals surface area (Å²) in [6, 6.07) is 15.4. The van der Waals surface area contributed by atoms with Gasteiger partial charge >= 0.3 is 0 Å². The minimum Gasteiger partial charge on any atom is -0.497 e. The molecule has 5 nitrogen and oxygen atoms in total. The molecule has 0 bridgehead atoms. The van der Waals surface area contributed by atoms with Gasteiger partial charge in [0.25, 0.3) is 0 Å². The van der Waals surface area contributed by atoms with Crippen LogP contribution in [0.3, 0.4) is 0 Å². The van der Waals surface area contributed by atoms with Gasteiger partial charge < -0.3 is 9.64 Å². The van der Waals surface area contributed by atoms with Gasteiger partial charge in [0.1, 0.15) is 5.75 Å². The van der Waals surface area contributed by atoms with Gasteiger partial charge in [-0.05, 0) is 48.2 Å². The van der Waals surface area contributed by atoms with Crippen LogP contribution in [0.5, 0.6) is 5.75 Å². The van der Waals surface area contributed by atoms with E-state index in [1.54, 1.807) is 7.11 Å². The highest BCUT2D eigenvalue weighted by molar-refractivity contribution is 6.30. The molecule has 6 heteroatoms. The molecule has 2 heterocycles. The first kappa shape index (κ1) is 18.6. The Morgan fingerprint density at radius 2 is 2.11 bits per heavy atom. The van der Waals surface area contributed by atoms with E-state index in [-0.39, 0.29) is 11.9 Å². The number of amides is 1. The smallest absolute Gasteiger partial charge is 0.227 e. The minimum atomic E-state index is 0.00324. The van der Waals surface area contributed by atoms with Crippen LogP contribution in [0.1, 0.15) is 30.1 Å². The van der Waals surface area contributed by atoms with E-state index < -0.39 is 0 Å². The SMILES string of the molecule is COc1cccc(-c2cn[nH]c2C2CCCN2C(=O)Cc2ccc(Cl)cc2)c1. The number of carbonyl (C=O) groups is 1. The van der Waals surface area contributed by atoms with Gasteiger partial charge in [-0.15, -0.1) is 0 Å². The number of carbonyl (C=O) groups excluding carboxylic acids is 1. The fourth-order valence-corrected chi connectivity index (χ4v) is 3.94. The van der Waals surface area contributed by atoms with E-state index in [1.165, 1.54) is 0 Å². The number of aromatic nitrogens is 2. The summed E-state index contributed by atoms with van der Waals surface area (Å²) in [7, 11) is 1.66. The van der Waals surface area contributed by atoms with Gasteiger partial charge in [-0.1, -0.05) is 35.9 Å². The monoisotopic (exact) mass is 395 g/mol. The summed E-state index contributed by atoms with van der Waals surface area (Å²) < 4.78 is 5.35. The molecule has 0 aliphatic carbocycles. The quantitative estimate of drug-likeness (QED) is 0.684. The first-order valence-corrected chi connectivity index (χ1v) is 9.75. The minimum absolute atomic E-state index is 0.00324. The second kappa shape index (κ2) is 8.07. The molecule has 1 fully saturated rings. The lowest BCUT2D eigenvalue weighted by Gasteiger charge is -2.25. The summed E-state index contributed by atoms with van der Waals surface area (Å²) in [4.78, 5) is 15.0. The van der Waals surface area contributed by atoms with Gasteiger partial charge in [0.05, 0.1) is 31.5 Å². The van der Waals surface area contributed by atoms with Crippen LogP contribution in [0, 0.1) is 0 Å². The Morgan fingerprint density at radius 3 is 2.89 bits per heavy atom. The molecule has 1 aliphatic heterocycles. The highest BCUT2D eigenvalue weighted by atomic mass is 35.5. The predicted octanol–water partition coefficient (Wildman–Crippen LogP) is 4.64. The predicted molar refractivity (Wildman–Crippen MR) is 109 cm³/mol. The molecule has 1 atom stereocenters. The van der Waals surface area contributed by atoms with E-state index in [0.29, 0.717) is 11.4 Å². The molecule has 4 rings (SSSR count). The summed E-state index contributed by atoms with van der Waals surface area (Å²) >= 11 is 5.95. The Bertz CT molecular complexity index is 968. The van der Waals surface area contributed by atoms with Gasteiger partial charge in [-0.2, -0.15) is 5.10 Å². The number of nitrogens with zero attached hydrogens (tertiary/aromatic N) is 2. The second-order valence-corrected chi connectivity index (χ2v) is 7.41. The largest absolute Gasteiger partial charge is 0.497 e. The second-order valence-electron chi connectivity index (χ2n) is 6.98. The lowest BCUT2D eigenvalue weighted by molar-refractivity contribution is -0.131. The molecule has 3 aromatic rings. The van der Waals surface area contributed by atoms with Crippen molar-refractivity contribution in [1.29, 1.82) is 0 Å². The highest BCUT2D eigenvalue weighted by Gasteiger charge is 2.32. The molecule has 1 N–H and O–H groups in total. The van der Waals surface area contributed by atoms with Crippen LogP contribution < -0.4 is 4.74 Å². The van der Waals surface area contributed by atoms with Crippen molar-refractivity contribution in [3.8, 4) is 16.9 Å². The van der Waals surface area contributed by atoms with Crippen molar-refractivity contribution in [3.05, 3.63) is 71.0 Å². The summed E-state index contributed by atoms with van der Waals surface area (Å²) in [5.41, 5.74) is 3.99. The normalized spacial score (nSPS) is 16.4. The van der Waals surface area contributed by atoms with Crippen molar-refractivity contribution in [2.75, 3.05) is 13.7 Å². The van der Waals surface area contributed by atoms with Gasteiger partial charge in [0.15, 0.2) is 0 Å². The fraction of sp³-hybridized carbons (Fsp3) is 0.273. The van der Waals surface area contributed by atoms with Crippen LogP contribution in [-0.2, 0) is 11.2 Å². The number of hydrogen-bond acceptors (Lipinski definition) is 3. The van der Waals surface area contributed by atoms with Crippen LogP contribution in [0.4, 0.5) is 0 Å². The first-order chi connectivity index (χ1) is 13.7. The van der Waals surface area contributed by atoms with Crippen LogP contribution in [0.15, 0.2) is 54.7 Å². The van der Waals surface area contributed by atoms with Crippen LogP contribution in [0.25, 0.3) is 11.1 Å². The van der Waals surface area contributed by atoms with E-state index in [1.807, 2.05) is 59.6 Å². The number of ether oxygens (including phenoxy) is 1. The highest BCUT2D eigenvalue weighted by Crippen LogP contribution is 2.37. The van der Waals surface area contributed by atoms with Crippen LogP contribution >= 0.6 is 11.6 Å². The van der Waals surface area contributed by atoms with Crippen molar-refractivity contribution in [2.45, 2.75) is 25.3 Å². The molecule has 1 amide bonds. The number of likely N-dealkylation sites (tertiary alicyclic amines) is 1. The average Bonchev–Trinajstić information content (AvgIpc) is 3.38. The van der Waals surface area contributed by atoms with Gasteiger partial charge in [0.2, 0.25) is 5.91 Å². The van der Waals surface area contributed by atoms with Crippen LogP contribution in [0.2, 0.25) is 5.02 Å². The molecule has 0 radical (unpaired) electrons. The number of hydrogen-bond donors (Lipinski definition) is 1. The number of H-pyrrole nitrogens is 1. The number of halogens is 1. The van der Waals surface area contributed by atoms with Crippen molar-refractivity contribution < 1.29 is 9.53 Å². The number of rotatable bonds is 5. The Kier molecular flexibility index (Phi) is 5.35. The lowest BCUT2D eigenvalue weighted by Crippen LogP contribution is -2.32. The third-order valence-electron chi connectivity index (χ3n) is 5.22. The number of nitrogens with one attached hydrogen (secondary N) is 1. The molecule has 0 spiro atoms. The standard InChI is InChI=1S/C22H22ClN3O2/c1-28-18-5-2-4-16(13-18)19-14-24-25-22(19)20-6-3-11-26(20)21(27)12-15-7-9-17(23)10-8-15/h2,4-5,7-10,13-14,20H,3,6,11-12H2,1H3,(H,24,25). The molecule has 1 aliphatic rings. The number of aromatic amines is 1. The molecule has 0 saturated carbocycles.